The Morgan fingerprint density at radius 2 is 2.08 bits per heavy atom. The van der Waals surface area contributed by atoms with E-state index in [0.29, 0.717) is 0 Å². The lowest BCUT2D eigenvalue weighted by Crippen LogP contribution is -2.24. The predicted octanol–water partition coefficient (Wildman–Crippen LogP) is 1.54. The Morgan fingerprint density at radius 3 is 2.92 bits per heavy atom. The first-order chi connectivity index (χ1) is 6.29. The minimum atomic E-state index is 1.14. The smallest absolute Gasteiger partial charge is 0.0418 e. The van der Waals surface area contributed by atoms with Gasteiger partial charge in [0.15, 0.2) is 0 Å². The summed E-state index contributed by atoms with van der Waals surface area (Å²) in [6.07, 6.45) is 11.1. The SMILES string of the molecule is Cc1[nH]c2c(c1C)=CC=CCCC=2. The highest BCUT2D eigenvalue weighted by molar-refractivity contribution is 5.44. The van der Waals surface area contributed by atoms with E-state index in [9.17, 15) is 0 Å². The van der Waals surface area contributed by atoms with Gasteiger partial charge in [0.05, 0.1) is 0 Å². The maximum absolute atomic E-state index is 3.41. The molecule has 1 heterocycles. The zero-order valence-corrected chi connectivity index (χ0v) is 8.22. The van der Waals surface area contributed by atoms with Crippen LogP contribution < -0.4 is 10.6 Å². The van der Waals surface area contributed by atoms with Gasteiger partial charge in [-0.1, -0.05) is 24.3 Å². The summed E-state index contributed by atoms with van der Waals surface area (Å²) in [6, 6.07) is 0. The van der Waals surface area contributed by atoms with Crippen molar-refractivity contribution in [2.45, 2.75) is 26.7 Å². The summed E-state index contributed by atoms with van der Waals surface area (Å²) < 4.78 is 0. The molecule has 0 saturated carbocycles. The van der Waals surface area contributed by atoms with Crippen molar-refractivity contribution in [3.63, 3.8) is 0 Å². The third-order valence-electron chi connectivity index (χ3n) is 2.66. The third-order valence-corrected chi connectivity index (χ3v) is 2.66. The summed E-state index contributed by atoms with van der Waals surface area (Å²) in [5, 5.41) is 2.65. The van der Waals surface area contributed by atoms with E-state index in [1.807, 2.05) is 0 Å². The van der Waals surface area contributed by atoms with E-state index >= 15 is 0 Å². The number of allylic oxidation sites excluding steroid dienone is 2. The van der Waals surface area contributed by atoms with E-state index in [4.69, 9.17) is 0 Å². The Labute approximate surface area is 78.5 Å². The van der Waals surface area contributed by atoms with Crippen LogP contribution in [0.3, 0.4) is 0 Å². The highest BCUT2D eigenvalue weighted by Gasteiger charge is 1.98. The van der Waals surface area contributed by atoms with Crippen molar-refractivity contribution in [1.29, 1.82) is 0 Å². The van der Waals surface area contributed by atoms with Crippen LogP contribution in [0, 0.1) is 13.8 Å². The standard InChI is InChI=1S/C12H15N/c1-9-10(2)13-12-8-6-4-3-5-7-11(9)12/h3,5,7-8,13H,4,6H2,1-2H3. The molecule has 0 spiro atoms. The van der Waals surface area contributed by atoms with Gasteiger partial charge in [-0.25, -0.2) is 0 Å². The molecular formula is C12H15N. The van der Waals surface area contributed by atoms with Crippen molar-refractivity contribution in [1.82, 2.24) is 4.98 Å². The molecule has 1 nitrogen and oxygen atoms in total. The molecular weight excluding hydrogens is 158 g/mol. The van der Waals surface area contributed by atoms with Crippen molar-refractivity contribution in [2.75, 3.05) is 0 Å². The van der Waals surface area contributed by atoms with E-state index in [1.165, 1.54) is 21.8 Å². The van der Waals surface area contributed by atoms with Crippen molar-refractivity contribution in [3.8, 4) is 0 Å². The molecule has 0 aliphatic heterocycles. The topological polar surface area (TPSA) is 15.8 Å². The van der Waals surface area contributed by atoms with Crippen LogP contribution in [0.4, 0.5) is 0 Å². The molecule has 2 rings (SSSR count). The molecule has 1 N–H and O–H groups in total. The number of aromatic nitrogens is 1. The zero-order chi connectivity index (χ0) is 9.26. The molecule has 0 amide bonds. The van der Waals surface area contributed by atoms with Gasteiger partial charge in [-0.05, 0) is 32.3 Å². The second-order valence-corrected chi connectivity index (χ2v) is 3.58. The van der Waals surface area contributed by atoms with Gasteiger partial charge in [0.1, 0.15) is 0 Å². The van der Waals surface area contributed by atoms with Gasteiger partial charge in [-0.2, -0.15) is 0 Å². The first-order valence-electron chi connectivity index (χ1n) is 4.81. The predicted molar refractivity (Wildman–Crippen MR) is 56.8 cm³/mol. The van der Waals surface area contributed by atoms with Gasteiger partial charge in [0.2, 0.25) is 0 Å². The lowest BCUT2D eigenvalue weighted by molar-refractivity contribution is 1.08. The Bertz CT molecular complexity index is 446. The van der Waals surface area contributed by atoms with Gasteiger partial charge < -0.3 is 4.98 Å². The second-order valence-electron chi connectivity index (χ2n) is 3.58. The second kappa shape index (κ2) is 3.25. The van der Waals surface area contributed by atoms with Gasteiger partial charge in [0.25, 0.3) is 0 Å². The Balaban J connectivity index is 2.78. The summed E-state index contributed by atoms with van der Waals surface area (Å²) >= 11 is 0. The highest BCUT2D eigenvalue weighted by atomic mass is 14.7. The van der Waals surface area contributed by atoms with E-state index in [0.717, 1.165) is 12.8 Å². The molecule has 1 aliphatic carbocycles. The van der Waals surface area contributed by atoms with Crippen LogP contribution in [-0.2, 0) is 0 Å². The maximum atomic E-state index is 3.41. The number of H-pyrrole nitrogens is 1. The summed E-state index contributed by atoms with van der Waals surface area (Å²) in [5.74, 6) is 0. The number of aryl methyl sites for hydroxylation is 1. The minimum absolute atomic E-state index is 1.14. The lowest BCUT2D eigenvalue weighted by atomic mass is 10.1. The third kappa shape index (κ3) is 1.46. The van der Waals surface area contributed by atoms with Crippen LogP contribution >= 0.6 is 0 Å². The average molecular weight is 173 g/mol. The lowest BCUT2D eigenvalue weighted by Gasteiger charge is -1.90. The molecule has 0 fully saturated rings. The van der Waals surface area contributed by atoms with Gasteiger partial charge in [-0.3, -0.25) is 0 Å². The van der Waals surface area contributed by atoms with Gasteiger partial charge in [0, 0.05) is 16.3 Å². The molecule has 0 atom stereocenters. The van der Waals surface area contributed by atoms with Gasteiger partial charge in [-0.15, -0.1) is 0 Å². The molecule has 13 heavy (non-hydrogen) atoms. The minimum Gasteiger partial charge on any atom is -0.359 e. The molecule has 68 valence electrons. The first-order valence-corrected chi connectivity index (χ1v) is 4.81. The number of aromatic amines is 1. The van der Waals surface area contributed by atoms with Crippen LogP contribution in [0.5, 0.6) is 0 Å². The normalized spacial score (nSPS) is 15.2. The highest BCUT2D eigenvalue weighted by Crippen LogP contribution is 1.97. The van der Waals surface area contributed by atoms with Crippen LogP contribution in [0.1, 0.15) is 24.1 Å². The summed E-state index contributed by atoms with van der Waals surface area (Å²) in [6.45, 7) is 4.30. The Morgan fingerprint density at radius 1 is 1.23 bits per heavy atom. The maximum Gasteiger partial charge on any atom is 0.0418 e. The largest absolute Gasteiger partial charge is 0.359 e. The van der Waals surface area contributed by atoms with Gasteiger partial charge >= 0.3 is 0 Å². The Hall–Kier alpha value is -1.24. The number of hydrogen-bond acceptors (Lipinski definition) is 0. The van der Waals surface area contributed by atoms with Crippen molar-refractivity contribution >= 4 is 12.2 Å². The first kappa shape index (κ1) is 8.36. The molecule has 1 aliphatic rings. The zero-order valence-electron chi connectivity index (χ0n) is 8.22. The van der Waals surface area contributed by atoms with Crippen LogP contribution in [0.2, 0.25) is 0 Å². The molecule has 0 aromatic carbocycles. The molecule has 0 saturated heterocycles. The van der Waals surface area contributed by atoms with Crippen LogP contribution in [0.15, 0.2) is 12.2 Å². The van der Waals surface area contributed by atoms with Crippen LogP contribution in [0.25, 0.3) is 12.2 Å². The van der Waals surface area contributed by atoms with Crippen molar-refractivity contribution in [3.05, 3.63) is 34.0 Å². The van der Waals surface area contributed by atoms with E-state index in [1.54, 1.807) is 0 Å². The summed E-state index contributed by atoms with van der Waals surface area (Å²) in [4.78, 5) is 3.41. The fourth-order valence-electron chi connectivity index (χ4n) is 1.73. The summed E-state index contributed by atoms with van der Waals surface area (Å²) in [7, 11) is 0. The van der Waals surface area contributed by atoms with Crippen molar-refractivity contribution < 1.29 is 0 Å². The van der Waals surface area contributed by atoms with E-state index < -0.39 is 0 Å². The summed E-state index contributed by atoms with van der Waals surface area (Å²) in [5.41, 5.74) is 2.66. The van der Waals surface area contributed by atoms with Crippen molar-refractivity contribution in [2.24, 2.45) is 0 Å². The number of fused-ring (bicyclic) bond motifs is 1. The number of rotatable bonds is 0. The monoisotopic (exact) mass is 173 g/mol. The fraction of sp³-hybridized carbons (Fsp3) is 0.333. The molecule has 1 heteroatoms. The van der Waals surface area contributed by atoms with Crippen LogP contribution in [-0.4, -0.2) is 4.98 Å². The number of hydrogen-bond donors (Lipinski definition) is 1. The Kier molecular flexibility index (Phi) is 2.09. The quantitative estimate of drug-likeness (QED) is 0.612. The molecule has 1 aromatic rings. The number of nitrogens with one attached hydrogen (secondary N) is 1. The van der Waals surface area contributed by atoms with E-state index in [-0.39, 0.29) is 0 Å². The molecule has 0 bridgehead atoms. The average Bonchev–Trinajstić information content (AvgIpc) is 2.31. The van der Waals surface area contributed by atoms with E-state index in [2.05, 4.69) is 43.1 Å². The molecule has 0 unspecified atom stereocenters. The molecule has 0 radical (unpaired) electrons. The fourth-order valence-corrected chi connectivity index (χ4v) is 1.73. The molecule has 1 aromatic heterocycles.